The summed E-state index contributed by atoms with van der Waals surface area (Å²) in [5.74, 6) is -1.10. The third-order valence-corrected chi connectivity index (χ3v) is 3.86. The van der Waals surface area contributed by atoms with Gasteiger partial charge in [0.1, 0.15) is 5.75 Å². The monoisotopic (exact) mass is 347 g/mol. The summed E-state index contributed by atoms with van der Waals surface area (Å²) in [6, 6.07) is 2.61. The first kappa shape index (κ1) is 18.0. The minimum atomic E-state index is -4.31. The summed E-state index contributed by atoms with van der Waals surface area (Å²) < 4.78 is 37.4. The van der Waals surface area contributed by atoms with Crippen molar-refractivity contribution in [1.82, 2.24) is 9.80 Å². The second-order valence-electron chi connectivity index (χ2n) is 5.64. The van der Waals surface area contributed by atoms with Gasteiger partial charge in [-0.2, -0.15) is 13.2 Å². The number of carbonyl (C=O) groups excluding carboxylic acids is 1. The smallest absolute Gasteiger partial charge is 0.401 e. The Labute approximate surface area is 135 Å². The van der Waals surface area contributed by atoms with Crippen LogP contribution in [-0.4, -0.2) is 64.1 Å². The average Bonchev–Trinajstić information content (AvgIpc) is 2.47. The Bertz CT molecular complexity index is 651. The first-order valence-electron chi connectivity index (χ1n) is 7.16. The number of non-ortho nitro benzene ring substituents is 1. The Hall–Kier alpha value is -2.36. The molecule has 10 heteroatoms. The minimum absolute atomic E-state index is 0.0557. The number of piperazine rings is 1. The van der Waals surface area contributed by atoms with E-state index in [9.17, 15) is 33.2 Å². The number of aromatic hydroxyl groups is 1. The number of hydrogen-bond acceptors (Lipinski definition) is 5. The maximum atomic E-state index is 12.5. The molecule has 0 aliphatic carbocycles. The molecule has 7 nitrogen and oxygen atoms in total. The van der Waals surface area contributed by atoms with Crippen LogP contribution >= 0.6 is 0 Å². The molecule has 1 N–H and O–H groups in total. The summed E-state index contributed by atoms with van der Waals surface area (Å²) in [6.45, 7) is 0.751. The summed E-state index contributed by atoms with van der Waals surface area (Å²) in [7, 11) is 0. The Balaban J connectivity index is 2.08. The van der Waals surface area contributed by atoms with Crippen LogP contribution in [0.2, 0.25) is 0 Å². The molecule has 24 heavy (non-hydrogen) atoms. The number of hydrogen-bond donors (Lipinski definition) is 1. The fraction of sp³-hybridized carbons (Fsp3) is 0.500. The average molecular weight is 347 g/mol. The number of nitro groups is 1. The van der Waals surface area contributed by atoms with Crippen molar-refractivity contribution >= 4 is 11.6 Å². The molecule has 0 bridgehead atoms. The van der Waals surface area contributed by atoms with Crippen molar-refractivity contribution in [3.05, 3.63) is 33.9 Å². The zero-order valence-electron chi connectivity index (χ0n) is 12.8. The van der Waals surface area contributed by atoms with Crippen LogP contribution in [0.15, 0.2) is 18.2 Å². The molecule has 1 heterocycles. The van der Waals surface area contributed by atoms with Crippen LogP contribution in [0.5, 0.6) is 5.75 Å². The fourth-order valence-corrected chi connectivity index (χ4v) is 2.63. The standard InChI is InChI=1S/C14H16F3N3O4/c1-9-7-18(4-5-19(9)8-14(15,16)17)13(22)11-3-2-10(20(23)24)6-12(11)21/h2-3,6,9,21H,4-5,7-8H2,1H3/t9-/m0/s1. The van der Waals surface area contributed by atoms with Crippen molar-refractivity contribution in [3.63, 3.8) is 0 Å². The third-order valence-electron chi connectivity index (χ3n) is 3.86. The van der Waals surface area contributed by atoms with Crippen molar-refractivity contribution in [1.29, 1.82) is 0 Å². The molecule has 0 unspecified atom stereocenters. The lowest BCUT2D eigenvalue weighted by Gasteiger charge is -2.40. The van der Waals surface area contributed by atoms with E-state index in [0.717, 1.165) is 18.2 Å². The molecule has 132 valence electrons. The Morgan fingerprint density at radius 2 is 2.08 bits per heavy atom. The van der Waals surface area contributed by atoms with Crippen molar-refractivity contribution in [2.45, 2.75) is 19.1 Å². The van der Waals surface area contributed by atoms with E-state index in [1.54, 1.807) is 6.92 Å². The predicted molar refractivity (Wildman–Crippen MR) is 77.8 cm³/mol. The van der Waals surface area contributed by atoms with E-state index in [2.05, 4.69) is 0 Å². The lowest BCUT2D eigenvalue weighted by atomic mass is 10.1. The van der Waals surface area contributed by atoms with E-state index >= 15 is 0 Å². The number of alkyl halides is 3. The Morgan fingerprint density at radius 3 is 2.58 bits per heavy atom. The summed E-state index contributed by atoms with van der Waals surface area (Å²) in [4.78, 5) is 24.9. The van der Waals surface area contributed by atoms with Gasteiger partial charge in [0.05, 0.1) is 23.1 Å². The SMILES string of the molecule is C[C@H]1CN(C(=O)c2ccc([N+](=O)[O-])cc2O)CCN1CC(F)(F)F. The summed E-state index contributed by atoms with van der Waals surface area (Å²) in [5, 5.41) is 20.4. The van der Waals surface area contributed by atoms with E-state index in [0.29, 0.717) is 0 Å². The lowest BCUT2D eigenvalue weighted by Crippen LogP contribution is -2.55. The lowest BCUT2D eigenvalue weighted by molar-refractivity contribution is -0.384. The normalized spacial score (nSPS) is 19.3. The highest BCUT2D eigenvalue weighted by Gasteiger charge is 2.36. The van der Waals surface area contributed by atoms with Crippen molar-refractivity contribution in [3.8, 4) is 5.75 Å². The molecule has 0 aromatic heterocycles. The Kier molecular flexibility index (Phi) is 4.97. The third kappa shape index (κ3) is 4.13. The molecule has 1 saturated heterocycles. The number of nitro benzene ring substituents is 1. The molecule has 1 fully saturated rings. The first-order chi connectivity index (χ1) is 11.1. The van der Waals surface area contributed by atoms with E-state index in [-0.39, 0.29) is 30.9 Å². The molecule has 0 spiro atoms. The maximum absolute atomic E-state index is 12.5. The number of nitrogens with zero attached hydrogens (tertiary/aromatic N) is 3. The summed E-state index contributed by atoms with van der Waals surface area (Å²) in [6.07, 6.45) is -4.31. The van der Waals surface area contributed by atoms with E-state index in [1.807, 2.05) is 0 Å². The second kappa shape index (κ2) is 6.63. The van der Waals surface area contributed by atoms with Crippen molar-refractivity contribution in [2.75, 3.05) is 26.2 Å². The molecular formula is C14H16F3N3O4. The van der Waals surface area contributed by atoms with Gasteiger partial charge in [-0.15, -0.1) is 0 Å². The molecule has 2 rings (SSSR count). The van der Waals surface area contributed by atoms with Crippen LogP contribution in [0.1, 0.15) is 17.3 Å². The number of benzene rings is 1. The van der Waals surface area contributed by atoms with Gasteiger partial charge in [0.15, 0.2) is 0 Å². The number of phenolic OH excluding ortho intramolecular Hbond substituents is 1. The predicted octanol–water partition coefficient (Wildman–Crippen LogP) is 2.01. The van der Waals surface area contributed by atoms with Crippen molar-refractivity contribution in [2.24, 2.45) is 0 Å². The minimum Gasteiger partial charge on any atom is -0.507 e. The van der Waals surface area contributed by atoms with Gasteiger partial charge in [-0.25, -0.2) is 0 Å². The number of carbonyl (C=O) groups is 1. The van der Waals surface area contributed by atoms with Gasteiger partial charge in [0.2, 0.25) is 0 Å². The van der Waals surface area contributed by atoms with Crippen molar-refractivity contribution < 1.29 is 28.0 Å². The highest BCUT2D eigenvalue weighted by molar-refractivity contribution is 5.97. The maximum Gasteiger partial charge on any atom is 0.401 e. The van der Waals surface area contributed by atoms with E-state index < -0.39 is 35.3 Å². The number of amides is 1. The molecule has 1 aliphatic rings. The van der Waals surface area contributed by atoms with Gasteiger partial charge in [0, 0.05) is 31.7 Å². The van der Waals surface area contributed by atoms with Gasteiger partial charge < -0.3 is 10.0 Å². The zero-order valence-corrected chi connectivity index (χ0v) is 12.8. The highest BCUT2D eigenvalue weighted by Crippen LogP contribution is 2.26. The molecule has 1 atom stereocenters. The Morgan fingerprint density at radius 1 is 1.42 bits per heavy atom. The molecule has 0 radical (unpaired) electrons. The largest absolute Gasteiger partial charge is 0.507 e. The van der Waals surface area contributed by atoms with Gasteiger partial charge in [-0.3, -0.25) is 19.8 Å². The van der Waals surface area contributed by atoms with Gasteiger partial charge in [-0.05, 0) is 13.0 Å². The number of phenols is 1. The van der Waals surface area contributed by atoms with Crippen LogP contribution in [-0.2, 0) is 0 Å². The van der Waals surface area contributed by atoms with Crippen LogP contribution in [0.4, 0.5) is 18.9 Å². The molecule has 1 aromatic rings. The zero-order chi connectivity index (χ0) is 18.1. The van der Waals surface area contributed by atoms with Crippen LogP contribution in [0.25, 0.3) is 0 Å². The number of rotatable bonds is 3. The van der Waals surface area contributed by atoms with Crippen LogP contribution < -0.4 is 0 Å². The molecule has 0 saturated carbocycles. The summed E-state index contributed by atoms with van der Waals surface area (Å²) >= 11 is 0. The van der Waals surface area contributed by atoms with E-state index in [1.165, 1.54) is 9.80 Å². The first-order valence-corrected chi connectivity index (χ1v) is 7.16. The van der Waals surface area contributed by atoms with Gasteiger partial charge in [0.25, 0.3) is 11.6 Å². The molecule has 1 aromatic carbocycles. The van der Waals surface area contributed by atoms with E-state index in [4.69, 9.17) is 0 Å². The number of halogens is 3. The molecular weight excluding hydrogens is 331 g/mol. The summed E-state index contributed by atoms with van der Waals surface area (Å²) in [5.41, 5.74) is -0.468. The van der Waals surface area contributed by atoms with Gasteiger partial charge >= 0.3 is 6.18 Å². The highest BCUT2D eigenvalue weighted by atomic mass is 19.4. The quantitative estimate of drug-likeness (QED) is 0.668. The molecule has 1 amide bonds. The van der Waals surface area contributed by atoms with Crippen LogP contribution in [0, 0.1) is 10.1 Å². The van der Waals surface area contributed by atoms with Gasteiger partial charge in [-0.1, -0.05) is 0 Å². The van der Waals surface area contributed by atoms with Crippen LogP contribution in [0.3, 0.4) is 0 Å². The molecule has 1 aliphatic heterocycles. The second-order valence-corrected chi connectivity index (χ2v) is 5.64. The topological polar surface area (TPSA) is 86.9 Å². The fourth-order valence-electron chi connectivity index (χ4n) is 2.63.